The summed E-state index contributed by atoms with van der Waals surface area (Å²) in [6.45, 7) is 2.41. The molecular weight excluding hydrogens is 364 g/mol. The molecule has 2 heterocycles. The number of Topliss-reactive ketones (excluding diaryl/α,β-unsaturated/α-hetero) is 1. The number of hydrogen-bond acceptors (Lipinski definition) is 4. The maximum absolute atomic E-state index is 13.3. The number of likely N-dealkylation sites (tertiary alicyclic amines) is 1. The molecule has 6 heteroatoms. The number of nitrogens with zero attached hydrogens (tertiary/aromatic N) is 4. The predicted molar refractivity (Wildman–Crippen MR) is 111 cm³/mol. The molecule has 1 aromatic heterocycles. The zero-order valence-corrected chi connectivity index (χ0v) is 16.5. The molecular formula is C23H24N4O2. The summed E-state index contributed by atoms with van der Waals surface area (Å²) in [7, 11) is 0. The predicted octanol–water partition coefficient (Wildman–Crippen LogP) is 3.91. The number of ketones is 1. The van der Waals surface area contributed by atoms with Gasteiger partial charge in [-0.25, -0.2) is 9.67 Å². The van der Waals surface area contributed by atoms with Gasteiger partial charge in [0.15, 0.2) is 11.6 Å². The smallest absolute Gasteiger partial charge is 0.294 e. The van der Waals surface area contributed by atoms with Gasteiger partial charge < -0.3 is 4.90 Å². The molecule has 3 aromatic rings. The van der Waals surface area contributed by atoms with Crippen LogP contribution in [0.15, 0.2) is 60.7 Å². The first kappa shape index (κ1) is 19.1. The Morgan fingerprint density at radius 1 is 1.00 bits per heavy atom. The van der Waals surface area contributed by atoms with E-state index in [1.807, 2.05) is 67.6 Å². The largest absolute Gasteiger partial charge is 0.326 e. The minimum atomic E-state index is -0.370. The molecule has 148 valence electrons. The Morgan fingerprint density at radius 3 is 2.38 bits per heavy atom. The topological polar surface area (TPSA) is 68.1 Å². The standard InChI is InChI=1S/C23H24N4O2/c1-2-20(28)19-15-9-10-16-26(19)23(29)21-24-22(17-11-5-3-6-12-17)27(25-21)18-13-7-4-8-14-18/h3-8,11-14,19H,2,9-10,15-16H2,1H3/t19-/m1/s1. The fourth-order valence-corrected chi connectivity index (χ4v) is 3.80. The lowest BCUT2D eigenvalue weighted by atomic mass is 9.97. The molecule has 0 aliphatic carbocycles. The molecule has 0 saturated carbocycles. The van der Waals surface area contributed by atoms with Gasteiger partial charge in [-0.15, -0.1) is 5.10 Å². The molecule has 0 unspecified atom stereocenters. The molecule has 0 radical (unpaired) electrons. The van der Waals surface area contributed by atoms with Crippen molar-refractivity contribution in [2.45, 2.75) is 38.6 Å². The van der Waals surface area contributed by atoms with Gasteiger partial charge in [0.05, 0.1) is 11.7 Å². The van der Waals surface area contributed by atoms with E-state index in [-0.39, 0.29) is 23.6 Å². The number of aromatic nitrogens is 3. The Labute approximate surface area is 170 Å². The molecule has 0 spiro atoms. The first-order valence-electron chi connectivity index (χ1n) is 10.1. The summed E-state index contributed by atoms with van der Waals surface area (Å²) in [6, 6.07) is 19.0. The minimum Gasteiger partial charge on any atom is -0.326 e. The van der Waals surface area contributed by atoms with Gasteiger partial charge >= 0.3 is 0 Å². The lowest BCUT2D eigenvalue weighted by Crippen LogP contribution is -2.48. The van der Waals surface area contributed by atoms with Gasteiger partial charge in [-0.2, -0.15) is 0 Å². The molecule has 2 aromatic carbocycles. The summed E-state index contributed by atoms with van der Waals surface area (Å²) in [5.74, 6) is 0.561. The Bertz CT molecular complexity index is 941. The van der Waals surface area contributed by atoms with Crippen LogP contribution in [0.4, 0.5) is 0 Å². The summed E-state index contributed by atoms with van der Waals surface area (Å²) in [5.41, 5.74) is 1.71. The van der Waals surface area contributed by atoms with Crippen molar-refractivity contribution in [3.8, 4) is 17.1 Å². The number of amides is 1. The molecule has 1 amide bonds. The van der Waals surface area contributed by atoms with Gasteiger partial charge in [-0.1, -0.05) is 55.5 Å². The van der Waals surface area contributed by atoms with Crippen molar-refractivity contribution >= 4 is 11.7 Å². The average Bonchev–Trinajstić information content (AvgIpc) is 3.25. The highest BCUT2D eigenvalue weighted by Gasteiger charge is 2.34. The monoisotopic (exact) mass is 388 g/mol. The number of rotatable bonds is 5. The summed E-state index contributed by atoms with van der Waals surface area (Å²) in [5, 5.41) is 4.55. The summed E-state index contributed by atoms with van der Waals surface area (Å²) in [4.78, 5) is 31.9. The third-order valence-corrected chi connectivity index (χ3v) is 5.31. The Morgan fingerprint density at radius 2 is 1.69 bits per heavy atom. The van der Waals surface area contributed by atoms with Crippen LogP contribution in [0.3, 0.4) is 0 Å². The molecule has 1 aliphatic heterocycles. The van der Waals surface area contributed by atoms with Crippen LogP contribution in [0, 0.1) is 0 Å². The number of carbonyl (C=O) groups excluding carboxylic acids is 2. The third kappa shape index (κ3) is 3.83. The first-order valence-corrected chi connectivity index (χ1v) is 10.1. The Hall–Kier alpha value is -3.28. The van der Waals surface area contributed by atoms with Crippen LogP contribution in [0.2, 0.25) is 0 Å². The highest BCUT2D eigenvalue weighted by Crippen LogP contribution is 2.24. The van der Waals surface area contributed by atoms with E-state index >= 15 is 0 Å². The number of hydrogen-bond donors (Lipinski definition) is 0. The van der Waals surface area contributed by atoms with Crippen LogP contribution < -0.4 is 0 Å². The molecule has 29 heavy (non-hydrogen) atoms. The highest BCUT2D eigenvalue weighted by atomic mass is 16.2. The number of carbonyl (C=O) groups is 2. The van der Waals surface area contributed by atoms with Gasteiger partial charge in [-0.05, 0) is 31.4 Å². The van der Waals surface area contributed by atoms with E-state index in [0.717, 1.165) is 24.1 Å². The van der Waals surface area contributed by atoms with Crippen molar-refractivity contribution in [1.82, 2.24) is 19.7 Å². The van der Waals surface area contributed by atoms with Gasteiger partial charge in [-0.3, -0.25) is 9.59 Å². The fourth-order valence-electron chi connectivity index (χ4n) is 3.80. The average molecular weight is 388 g/mol. The number of benzene rings is 2. The van der Waals surface area contributed by atoms with Crippen LogP contribution in [-0.2, 0) is 4.79 Å². The van der Waals surface area contributed by atoms with E-state index in [4.69, 9.17) is 0 Å². The lowest BCUT2D eigenvalue weighted by Gasteiger charge is -2.33. The summed E-state index contributed by atoms with van der Waals surface area (Å²) >= 11 is 0. The van der Waals surface area contributed by atoms with E-state index in [1.54, 1.807) is 9.58 Å². The van der Waals surface area contributed by atoms with Crippen LogP contribution >= 0.6 is 0 Å². The van der Waals surface area contributed by atoms with Crippen LogP contribution in [0.25, 0.3) is 17.1 Å². The maximum Gasteiger partial charge on any atom is 0.294 e. The van der Waals surface area contributed by atoms with E-state index in [9.17, 15) is 9.59 Å². The first-order chi connectivity index (χ1) is 14.2. The van der Waals surface area contributed by atoms with Crippen molar-refractivity contribution < 1.29 is 9.59 Å². The van der Waals surface area contributed by atoms with Crippen LogP contribution in [0.5, 0.6) is 0 Å². The zero-order chi connectivity index (χ0) is 20.2. The SMILES string of the molecule is CCC(=O)[C@H]1CCCCN1C(=O)c1nc(-c2ccccc2)n(-c2ccccc2)n1. The Balaban J connectivity index is 1.75. The molecule has 1 atom stereocenters. The second-order valence-electron chi connectivity index (χ2n) is 7.20. The normalized spacial score (nSPS) is 16.6. The molecule has 0 N–H and O–H groups in total. The van der Waals surface area contributed by atoms with Crippen LogP contribution in [0.1, 0.15) is 43.2 Å². The quantitative estimate of drug-likeness (QED) is 0.665. The molecule has 0 bridgehead atoms. The lowest BCUT2D eigenvalue weighted by molar-refractivity contribution is -0.124. The molecule has 1 saturated heterocycles. The van der Waals surface area contributed by atoms with Crippen molar-refractivity contribution in [3.63, 3.8) is 0 Å². The second kappa shape index (κ2) is 8.39. The van der Waals surface area contributed by atoms with Gasteiger partial charge in [0.25, 0.3) is 5.91 Å². The fraction of sp³-hybridized carbons (Fsp3) is 0.304. The zero-order valence-electron chi connectivity index (χ0n) is 16.5. The second-order valence-corrected chi connectivity index (χ2v) is 7.20. The van der Waals surface area contributed by atoms with Crippen molar-refractivity contribution in [2.75, 3.05) is 6.54 Å². The number of para-hydroxylation sites is 1. The van der Waals surface area contributed by atoms with Crippen molar-refractivity contribution in [1.29, 1.82) is 0 Å². The Kier molecular flexibility index (Phi) is 5.51. The van der Waals surface area contributed by atoms with Crippen molar-refractivity contribution in [3.05, 3.63) is 66.5 Å². The summed E-state index contributed by atoms with van der Waals surface area (Å²) in [6.07, 6.45) is 2.99. The van der Waals surface area contributed by atoms with Crippen LogP contribution in [-0.4, -0.2) is 43.9 Å². The summed E-state index contributed by atoms with van der Waals surface area (Å²) < 4.78 is 1.70. The van der Waals surface area contributed by atoms with Gasteiger partial charge in [0, 0.05) is 18.5 Å². The minimum absolute atomic E-state index is 0.101. The molecule has 1 aliphatic rings. The highest BCUT2D eigenvalue weighted by molar-refractivity contribution is 5.96. The third-order valence-electron chi connectivity index (χ3n) is 5.31. The molecule has 1 fully saturated rings. The molecule has 6 nitrogen and oxygen atoms in total. The maximum atomic E-state index is 13.3. The van der Waals surface area contributed by atoms with E-state index < -0.39 is 0 Å². The van der Waals surface area contributed by atoms with Gasteiger partial charge in [0.2, 0.25) is 5.82 Å². The van der Waals surface area contributed by atoms with Gasteiger partial charge in [0.1, 0.15) is 0 Å². The van der Waals surface area contributed by atoms with E-state index in [2.05, 4.69) is 10.1 Å². The molecule has 4 rings (SSSR count). The van der Waals surface area contributed by atoms with E-state index in [1.165, 1.54) is 0 Å². The number of piperidine rings is 1. The van der Waals surface area contributed by atoms with E-state index in [0.29, 0.717) is 25.2 Å². The van der Waals surface area contributed by atoms with Crippen molar-refractivity contribution in [2.24, 2.45) is 0 Å².